The third-order valence-corrected chi connectivity index (χ3v) is 2.73. The second-order valence-electron chi connectivity index (χ2n) is 4.13. The fourth-order valence-electron chi connectivity index (χ4n) is 1.75. The van der Waals surface area contributed by atoms with E-state index in [1.807, 2.05) is 0 Å². The standard InChI is InChI=1S/C13H11F4NO/c14-11-4-3-8(6-10(11)13(15,16)17)12(18)7-9-2-1-5-19-9/h1-6,12H,7,18H2. The van der Waals surface area contributed by atoms with Crippen LogP contribution in [-0.4, -0.2) is 0 Å². The molecule has 0 spiro atoms. The number of alkyl halides is 3. The number of rotatable bonds is 3. The van der Waals surface area contributed by atoms with Crippen LogP contribution in [0.1, 0.15) is 22.9 Å². The Hall–Kier alpha value is -1.82. The molecule has 19 heavy (non-hydrogen) atoms. The van der Waals surface area contributed by atoms with Gasteiger partial charge in [0.25, 0.3) is 0 Å². The summed E-state index contributed by atoms with van der Waals surface area (Å²) >= 11 is 0. The smallest absolute Gasteiger partial charge is 0.419 e. The van der Waals surface area contributed by atoms with E-state index in [1.165, 1.54) is 12.3 Å². The minimum Gasteiger partial charge on any atom is -0.469 e. The summed E-state index contributed by atoms with van der Waals surface area (Å²) in [4.78, 5) is 0. The van der Waals surface area contributed by atoms with Gasteiger partial charge in [-0.25, -0.2) is 4.39 Å². The summed E-state index contributed by atoms with van der Waals surface area (Å²) in [7, 11) is 0. The molecule has 1 heterocycles. The van der Waals surface area contributed by atoms with Crippen LogP contribution in [0, 0.1) is 5.82 Å². The van der Waals surface area contributed by atoms with Crippen LogP contribution in [0.2, 0.25) is 0 Å². The molecule has 2 N–H and O–H groups in total. The Labute approximate surface area is 106 Å². The van der Waals surface area contributed by atoms with Crippen molar-refractivity contribution in [3.63, 3.8) is 0 Å². The number of hydrogen-bond donors (Lipinski definition) is 1. The molecule has 1 atom stereocenters. The van der Waals surface area contributed by atoms with Crippen molar-refractivity contribution in [3.8, 4) is 0 Å². The fourth-order valence-corrected chi connectivity index (χ4v) is 1.75. The highest BCUT2D eigenvalue weighted by atomic mass is 19.4. The Kier molecular flexibility index (Phi) is 3.61. The first-order valence-electron chi connectivity index (χ1n) is 5.52. The second-order valence-corrected chi connectivity index (χ2v) is 4.13. The van der Waals surface area contributed by atoms with Gasteiger partial charge in [0.15, 0.2) is 0 Å². The van der Waals surface area contributed by atoms with E-state index in [2.05, 4.69) is 0 Å². The molecule has 0 saturated carbocycles. The van der Waals surface area contributed by atoms with Crippen molar-refractivity contribution in [3.05, 3.63) is 59.3 Å². The van der Waals surface area contributed by atoms with Gasteiger partial charge in [0.2, 0.25) is 0 Å². The Morgan fingerprint density at radius 1 is 1.21 bits per heavy atom. The maximum atomic E-state index is 13.1. The molecule has 102 valence electrons. The summed E-state index contributed by atoms with van der Waals surface area (Å²) in [6.45, 7) is 0. The van der Waals surface area contributed by atoms with Gasteiger partial charge < -0.3 is 10.2 Å². The van der Waals surface area contributed by atoms with Crippen LogP contribution in [0.4, 0.5) is 17.6 Å². The molecule has 1 aromatic heterocycles. The third kappa shape index (κ3) is 3.14. The number of halogens is 4. The lowest BCUT2D eigenvalue weighted by Crippen LogP contribution is -2.15. The lowest BCUT2D eigenvalue weighted by atomic mass is 10.0. The minimum atomic E-state index is -4.73. The van der Waals surface area contributed by atoms with Crippen molar-refractivity contribution in [1.82, 2.24) is 0 Å². The average molecular weight is 273 g/mol. The van der Waals surface area contributed by atoms with Crippen molar-refractivity contribution in [2.45, 2.75) is 18.6 Å². The van der Waals surface area contributed by atoms with Crippen LogP contribution in [0.15, 0.2) is 41.0 Å². The Morgan fingerprint density at radius 3 is 2.53 bits per heavy atom. The number of benzene rings is 1. The minimum absolute atomic E-state index is 0.213. The van der Waals surface area contributed by atoms with Gasteiger partial charge >= 0.3 is 6.18 Å². The first-order valence-corrected chi connectivity index (χ1v) is 5.52. The molecule has 0 aliphatic heterocycles. The van der Waals surface area contributed by atoms with E-state index in [0.29, 0.717) is 5.76 Å². The van der Waals surface area contributed by atoms with E-state index in [0.717, 1.165) is 12.1 Å². The highest BCUT2D eigenvalue weighted by molar-refractivity contribution is 5.30. The van der Waals surface area contributed by atoms with Crippen LogP contribution in [0.3, 0.4) is 0 Å². The number of furan rings is 1. The zero-order valence-electron chi connectivity index (χ0n) is 9.75. The average Bonchev–Trinajstić information content (AvgIpc) is 2.80. The molecule has 0 saturated heterocycles. The largest absolute Gasteiger partial charge is 0.469 e. The zero-order valence-corrected chi connectivity index (χ0v) is 9.75. The van der Waals surface area contributed by atoms with E-state index in [1.54, 1.807) is 12.1 Å². The predicted octanol–water partition coefficient (Wildman–Crippen LogP) is 3.68. The summed E-state index contributed by atoms with van der Waals surface area (Å²) in [5.41, 5.74) is 4.71. The molecule has 0 aliphatic carbocycles. The molecule has 1 unspecified atom stereocenters. The van der Waals surface area contributed by atoms with E-state index < -0.39 is 23.6 Å². The van der Waals surface area contributed by atoms with Crippen LogP contribution < -0.4 is 5.73 Å². The van der Waals surface area contributed by atoms with Crippen LogP contribution in [-0.2, 0) is 12.6 Å². The Bertz CT molecular complexity index is 548. The van der Waals surface area contributed by atoms with Crippen molar-refractivity contribution in [2.75, 3.05) is 0 Å². The molecule has 0 radical (unpaired) electrons. The molecule has 0 bridgehead atoms. The molecule has 0 fully saturated rings. The predicted molar refractivity (Wildman–Crippen MR) is 60.7 cm³/mol. The SMILES string of the molecule is NC(Cc1ccco1)c1ccc(F)c(C(F)(F)F)c1. The second kappa shape index (κ2) is 5.05. The van der Waals surface area contributed by atoms with Gasteiger partial charge in [-0.1, -0.05) is 6.07 Å². The normalized spacial score (nSPS) is 13.5. The van der Waals surface area contributed by atoms with E-state index >= 15 is 0 Å². The third-order valence-electron chi connectivity index (χ3n) is 2.73. The quantitative estimate of drug-likeness (QED) is 0.866. The van der Waals surface area contributed by atoms with Crippen molar-refractivity contribution in [1.29, 1.82) is 0 Å². The molecule has 2 aromatic rings. The number of hydrogen-bond acceptors (Lipinski definition) is 2. The highest BCUT2D eigenvalue weighted by Crippen LogP contribution is 2.33. The van der Waals surface area contributed by atoms with Gasteiger partial charge in [-0.2, -0.15) is 13.2 Å². The van der Waals surface area contributed by atoms with Gasteiger partial charge in [0, 0.05) is 12.5 Å². The topological polar surface area (TPSA) is 39.2 Å². The highest BCUT2D eigenvalue weighted by Gasteiger charge is 2.34. The van der Waals surface area contributed by atoms with E-state index in [4.69, 9.17) is 10.2 Å². The maximum absolute atomic E-state index is 13.1. The summed E-state index contributed by atoms with van der Waals surface area (Å²) in [6.07, 6.45) is -3.03. The van der Waals surface area contributed by atoms with E-state index in [9.17, 15) is 17.6 Å². The van der Waals surface area contributed by atoms with Gasteiger partial charge in [-0.15, -0.1) is 0 Å². The first-order chi connectivity index (χ1) is 8.88. The van der Waals surface area contributed by atoms with Gasteiger partial charge in [0.1, 0.15) is 11.6 Å². The Balaban J connectivity index is 2.25. The van der Waals surface area contributed by atoms with Gasteiger partial charge in [0.05, 0.1) is 11.8 Å². The first kappa shape index (κ1) is 13.6. The molecule has 2 rings (SSSR count). The summed E-state index contributed by atoms with van der Waals surface area (Å²) in [5.74, 6) is -0.744. The van der Waals surface area contributed by atoms with E-state index in [-0.39, 0.29) is 12.0 Å². The van der Waals surface area contributed by atoms with Crippen molar-refractivity contribution >= 4 is 0 Å². The fraction of sp³-hybridized carbons (Fsp3) is 0.231. The molecular weight excluding hydrogens is 262 g/mol. The summed E-state index contributed by atoms with van der Waals surface area (Å²) in [6, 6.07) is 5.41. The molecule has 0 aliphatic rings. The molecule has 1 aromatic carbocycles. The Morgan fingerprint density at radius 2 is 1.95 bits per heavy atom. The summed E-state index contributed by atoms with van der Waals surface area (Å²) in [5, 5.41) is 0. The van der Waals surface area contributed by atoms with Crippen LogP contribution in [0.25, 0.3) is 0 Å². The molecule has 0 amide bonds. The molecule has 6 heteroatoms. The number of nitrogens with two attached hydrogens (primary N) is 1. The zero-order chi connectivity index (χ0) is 14.0. The van der Waals surface area contributed by atoms with Crippen LogP contribution >= 0.6 is 0 Å². The molecule has 2 nitrogen and oxygen atoms in total. The van der Waals surface area contributed by atoms with Crippen LogP contribution in [0.5, 0.6) is 0 Å². The van der Waals surface area contributed by atoms with Gasteiger partial charge in [-0.05, 0) is 29.8 Å². The summed E-state index contributed by atoms with van der Waals surface area (Å²) < 4.78 is 55.9. The monoisotopic (exact) mass is 273 g/mol. The maximum Gasteiger partial charge on any atom is 0.419 e. The molecular formula is C13H11F4NO. The van der Waals surface area contributed by atoms with Crippen molar-refractivity contribution in [2.24, 2.45) is 5.73 Å². The van der Waals surface area contributed by atoms with Crippen molar-refractivity contribution < 1.29 is 22.0 Å². The lowest BCUT2D eigenvalue weighted by Gasteiger charge is -2.14. The van der Waals surface area contributed by atoms with Gasteiger partial charge in [-0.3, -0.25) is 0 Å². The lowest BCUT2D eigenvalue weighted by molar-refractivity contribution is -0.140.